The van der Waals surface area contributed by atoms with E-state index in [1.165, 1.54) is 11.6 Å². The van der Waals surface area contributed by atoms with Gasteiger partial charge in [0, 0.05) is 0 Å². The molecule has 126 valence electrons. The van der Waals surface area contributed by atoms with Gasteiger partial charge in [0.05, 0.1) is 0 Å². The molecule has 0 radical (unpaired) electrons. The van der Waals surface area contributed by atoms with E-state index < -0.39 is 0 Å². The Morgan fingerprint density at radius 2 is 1.71 bits per heavy atom. The zero-order chi connectivity index (χ0) is 16.9. The first-order chi connectivity index (χ1) is 11.7. The Balaban J connectivity index is 1.93. The van der Waals surface area contributed by atoms with Crippen LogP contribution in [0.15, 0.2) is 60.7 Å². The molecule has 0 aliphatic carbocycles. The summed E-state index contributed by atoms with van der Waals surface area (Å²) in [6.07, 6.45) is 0.759. The molecular formula is C20H22O3Se. The number of hydrogen-bond donors (Lipinski definition) is 0. The number of rotatable bonds is 5. The Kier molecular flexibility index (Phi) is 5.72. The number of benzene rings is 2. The van der Waals surface area contributed by atoms with E-state index in [-0.39, 0.29) is 43.9 Å². The third-order valence-electron chi connectivity index (χ3n) is 4.39. The number of carbonyl (C=O) groups is 1. The van der Waals surface area contributed by atoms with E-state index in [1.54, 1.807) is 0 Å². The molecule has 2 aromatic rings. The topological polar surface area (TPSA) is 35.5 Å². The second kappa shape index (κ2) is 7.98. The summed E-state index contributed by atoms with van der Waals surface area (Å²) in [6.45, 7) is 2.13. The maximum atomic E-state index is 12.6. The van der Waals surface area contributed by atoms with E-state index in [0.29, 0.717) is 0 Å². The van der Waals surface area contributed by atoms with Crippen LogP contribution in [0.1, 0.15) is 25.0 Å². The summed E-state index contributed by atoms with van der Waals surface area (Å²) in [6, 6.07) is 20.4. The predicted octanol–water partition coefficient (Wildman–Crippen LogP) is 3.14. The van der Waals surface area contributed by atoms with Gasteiger partial charge in [0.1, 0.15) is 0 Å². The van der Waals surface area contributed by atoms with Crippen LogP contribution in [-0.4, -0.2) is 34.1 Å². The molecule has 4 heteroatoms. The molecule has 2 aromatic carbocycles. The SMILES string of the molecule is CC[C@H]1O[C@@H](c2ccccc2)[C@H](C(=O)OC)[C@@H]1[Se]c1ccccc1. The Morgan fingerprint density at radius 3 is 2.29 bits per heavy atom. The first-order valence-electron chi connectivity index (χ1n) is 8.24. The molecule has 1 saturated heterocycles. The minimum absolute atomic E-state index is 0.0829. The number of carbonyl (C=O) groups excluding carboxylic acids is 1. The van der Waals surface area contributed by atoms with Crippen LogP contribution in [-0.2, 0) is 14.3 Å². The van der Waals surface area contributed by atoms with Crippen LogP contribution >= 0.6 is 0 Å². The third-order valence-corrected chi connectivity index (χ3v) is 7.35. The molecule has 0 N–H and O–H groups in total. The van der Waals surface area contributed by atoms with Crippen molar-refractivity contribution in [2.45, 2.75) is 30.4 Å². The van der Waals surface area contributed by atoms with Crippen molar-refractivity contribution in [3.63, 3.8) is 0 Å². The molecule has 1 fully saturated rings. The quantitative estimate of drug-likeness (QED) is 0.582. The van der Waals surface area contributed by atoms with Gasteiger partial charge in [-0.2, -0.15) is 0 Å². The fourth-order valence-corrected chi connectivity index (χ4v) is 6.23. The van der Waals surface area contributed by atoms with Gasteiger partial charge in [-0.3, -0.25) is 0 Å². The summed E-state index contributed by atoms with van der Waals surface area (Å²) >= 11 is 0.157. The number of esters is 1. The monoisotopic (exact) mass is 390 g/mol. The van der Waals surface area contributed by atoms with Gasteiger partial charge in [0.2, 0.25) is 0 Å². The van der Waals surface area contributed by atoms with E-state index in [9.17, 15) is 4.79 Å². The molecule has 4 atom stereocenters. The Morgan fingerprint density at radius 1 is 1.08 bits per heavy atom. The van der Waals surface area contributed by atoms with Crippen LogP contribution in [0.25, 0.3) is 0 Å². The van der Waals surface area contributed by atoms with Gasteiger partial charge in [0.15, 0.2) is 0 Å². The van der Waals surface area contributed by atoms with Gasteiger partial charge in [-0.05, 0) is 0 Å². The van der Waals surface area contributed by atoms with Crippen molar-refractivity contribution in [1.29, 1.82) is 0 Å². The van der Waals surface area contributed by atoms with Gasteiger partial charge in [-0.15, -0.1) is 0 Å². The zero-order valence-corrected chi connectivity index (χ0v) is 15.6. The number of methoxy groups -OCH3 is 1. The molecule has 1 aliphatic heterocycles. The van der Waals surface area contributed by atoms with Crippen LogP contribution in [0.2, 0.25) is 4.82 Å². The van der Waals surface area contributed by atoms with Gasteiger partial charge in [-0.1, -0.05) is 0 Å². The summed E-state index contributed by atoms with van der Waals surface area (Å²) in [5.41, 5.74) is 1.05. The molecule has 3 nitrogen and oxygen atoms in total. The second-order valence-electron chi connectivity index (χ2n) is 5.86. The van der Waals surface area contributed by atoms with Gasteiger partial charge in [-0.25, -0.2) is 0 Å². The average molecular weight is 389 g/mol. The molecular weight excluding hydrogens is 367 g/mol. The van der Waals surface area contributed by atoms with Crippen LogP contribution in [0.5, 0.6) is 0 Å². The molecule has 3 rings (SSSR count). The van der Waals surface area contributed by atoms with Crippen molar-refractivity contribution in [3.05, 3.63) is 66.2 Å². The zero-order valence-electron chi connectivity index (χ0n) is 13.9. The number of ether oxygens (including phenoxy) is 2. The molecule has 0 aromatic heterocycles. The molecule has 0 bridgehead atoms. The van der Waals surface area contributed by atoms with Gasteiger partial charge >= 0.3 is 149 Å². The third kappa shape index (κ3) is 3.56. The first-order valence-corrected chi connectivity index (χ1v) is 10.1. The normalized spacial score (nSPS) is 26.2. The van der Waals surface area contributed by atoms with Gasteiger partial charge < -0.3 is 0 Å². The van der Waals surface area contributed by atoms with E-state index >= 15 is 0 Å². The first kappa shape index (κ1) is 17.2. The van der Waals surface area contributed by atoms with Crippen molar-refractivity contribution in [3.8, 4) is 0 Å². The molecule has 1 heterocycles. The maximum absolute atomic E-state index is 12.6. The number of hydrogen-bond acceptors (Lipinski definition) is 3. The summed E-state index contributed by atoms with van der Waals surface area (Å²) in [4.78, 5) is 12.8. The summed E-state index contributed by atoms with van der Waals surface area (Å²) in [5.74, 6) is -0.412. The minimum atomic E-state index is -0.248. The van der Waals surface area contributed by atoms with Crippen LogP contribution in [0.4, 0.5) is 0 Å². The van der Waals surface area contributed by atoms with E-state index in [0.717, 1.165) is 12.0 Å². The Hall–Kier alpha value is -1.61. The second-order valence-corrected chi connectivity index (χ2v) is 8.48. The summed E-state index contributed by atoms with van der Waals surface area (Å²) in [7, 11) is 1.47. The fraction of sp³-hybridized carbons (Fsp3) is 0.350. The molecule has 0 unspecified atom stereocenters. The van der Waals surface area contributed by atoms with Crippen LogP contribution in [0, 0.1) is 5.92 Å². The van der Waals surface area contributed by atoms with Crippen LogP contribution in [0.3, 0.4) is 0 Å². The summed E-state index contributed by atoms with van der Waals surface area (Å²) < 4.78 is 12.8. The van der Waals surface area contributed by atoms with Crippen molar-refractivity contribution < 1.29 is 14.3 Å². The Labute approximate surface area is 149 Å². The van der Waals surface area contributed by atoms with E-state index in [4.69, 9.17) is 9.47 Å². The van der Waals surface area contributed by atoms with E-state index in [2.05, 4.69) is 31.2 Å². The predicted molar refractivity (Wildman–Crippen MR) is 95.4 cm³/mol. The molecule has 0 saturated carbocycles. The van der Waals surface area contributed by atoms with Crippen molar-refractivity contribution in [1.82, 2.24) is 0 Å². The molecule has 0 amide bonds. The van der Waals surface area contributed by atoms with Crippen molar-refractivity contribution in [2.75, 3.05) is 7.11 Å². The average Bonchev–Trinajstić information content (AvgIpc) is 3.01. The summed E-state index contributed by atoms with van der Waals surface area (Å²) in [5, 5.41) is 0. The molecule has 0 spiro atoms. The van der Waals surface area contributed by atoms with E-state index in [1.807, 2.05) is 36.4 Å². The Bertz CT molecular complexity index is 659. The van der Waals surface area contributed by atoms with Crippen molar-refractivity contribution >= 4 is 25.4 Å². The van der Waals surface area contributed by atoms with Gasteiger partial charge in [0.25, 0.3) is 0 Å². The van der Waals surface area contributed by atoms with Crippen LogP contribution < -0.4 is 4.46 Å². The fourth-order valence-electron chi connectivity index (χ4n) is 3.21. The molecule has 1 aliphatic rings. The molecule has 24 heavy (non-hydrogen) atoms. The van der Waals surface area contributed by atoms with Crippen molar-refractivity contribution in [2.24, 2.45) is 5.92 Å². The standard InChI is InChI=1S/C20H22O3Se/c1-3-16-19(24-15-12-8-5-9-13-15)17(20(21)22-2)18(23-16)14-10-6-4-7-11-14/h4-13,16-19H,3H2,1-2H3/t16-,17+,18+,19-/m1/s1.